The maximum absolute atomic E-state index is 5.80. The first kappa shape index (κ1) is 17.5. The standard InChI is InChI=1S/C16H32N4O2/c1-14(12-20-6-9-21-10-7-20)11-18-15(17-3)19-13-16(2)5-4-8-22-16/h14H,4-13H2,1-3H3,(H2,17,18,19). The van der Waals surface area contributed by atoms with Gasteiger partial charge in [-0.2, -0.15) is 0 Å². The lowest BCUT2D eigenvalue weighted by Crippen LogP contribution is -2.47. The lowest BCUT2D eigenvalue weighted by atomic mass is 10.0. The molecule has 22 heavy (non-hydrogen) atoms. The molecule has 2 heterocycles. The van der Waals surface area contributed by atoms with Crippen LogP contribution in [0.2, 0.25) is 0 Å². The van der Waals surface area contributed by atoms with E-state index in [1.54, 1.807) is 0 Å². The van der Waals surface area contributed by atoms with Gasteiger partial charge in [-0.1, -0.05) is 6.92 Å². The summed E-state index contributed by atoms with van der Waals surface area (Å²) in [5, 5.41) is 6.82. The van der Waals surface area contributed by atoms with Crippen LogP contribution in [0.3, 0.4) is 0 Å². The summed E-state index contributed by atoms with van der Waals surface area (Å²) >= 11 is 0. The number of guanidine groups is 1. The topological polar surface area (TPSA) is 58.1 Å². The second-order valence-corrected chi connectivity index (χ2v) is 6.73. The minimum atomic E-state index is -0.0446. The molecule has 2 aliphatic heterocycles. The van der Waals surface area contributed by atoms with Gasteiger partial charge < -0.3 is 20.1 Å². The maximum Gasteiger partial charge on any atom is 0.191 e. The minimum absolute atomic E-state index is 0.0446. The fraction of sp³-hybridized carbons (Fsp3) is 0.938. The number of hydrogen-bond acceptors (Lipinski definition) is 4. The van der Waals surface area contributed by atoms with Crippen molar-refractivity contribution in [2.24, 2.45) is 10.9 Å². The van der Waals surface area contributed by atoms with E-state index in [2.05, 4.69) is 34.4 Å². The third-order valence-corrected chi connectivity index (χ3v) is 4.45. The van der Waals surface area contributed by atoms with Gasteiger partial charge in [0.25, 0.3) is 0 Å². The molecule has 0 spiro atoms. The SMILES string of the molecule is CN=C(NCC(C)CN1CCOCC1)NCC1(C)CCCO1. The first-order valence-corrected chi connectivity index (χ1v) is 8.50. The zero-order chi connectivity index (χ0) is 15.8. The smallest absolute Gasteiger partial charge is 0.191 e. The van der Waals surface area contributed by atoms with Gasteiger partial charge in [0.15, 0.2) is 5.96 Å². The number of rotatable bonds is 6. The molecular formula is C16H32N4O2. The Labute approximate surface area is 134 Å². The summed E-state index contributed by atoms with van der Waals surface area (Å²) in [5.41, 5.74) is -0.0446. The van der Waals surface area contributed by atoms with Crippen LogP contribution in [0.15, 0.2) is 4.99 Å². The van der Waals surface area contributed by atoms with Crippen LogP contribution in [-0.4, -0.2) is 76.1 Å². The van der Waals surface area contributed by atoms with Crippen molar-refractivity contribution in [1.82, 2.24) is 15.5 Å². The van der Waals surface area contributed by atoms with Crippen LogP contribution >= 0.6 is 0 Å². The summed E-state index contributed by atoms with van der Waals surface area (Å²) in [4.78, 5) is 6.78. The van der Waals surface area contributed by atoms with Crippen LogP contribution in [0.4, 0.5) is 0 Å². The lowest BCUT2D eigenvalue weighted by molar-refractivity contribution is 0.0242. The first-order chi connectivity index (χ1) is 10.6. The molecule has 0 aliphatic carbocycles. The number of nitrogens with zero attached hydrogens (tertiary/aromatic N) is 2. The molecule has 0 bridgehead atoms. The highest BCUT2D eigenvalue weighted by Gasteiger charge is 2.29. The molecular weight excluding hydrogens is 280 g/mol. The molecule has 2 rings (SSSR count). The Morgan fingerprint density at radius 1 is 1.27 bits per heavy atom. The number of aliphatic imine (C=N–C) groups is 1. The molecule has 2 saturated heterocycles. The molecule has 6 heteroatoms. The molecule has 0 amide bonds. The van der Waals surface area contributed by atoms with Gasteiger partial charge in [-0.25, -0.2) is 0 Å². The van der Waals surface area contributed by atoms with Gasteiger partial charge in [0.2, 0.25) is 0 Å². The van der Waals surface area contributed by atoms with Gasteiger partial charge >= 0.3 is 0 Å². The molecule has 2 fully saturated rings. The molecule has 0 radical (unpaired) electrons. The van der Waals surface area contributed by atoms with Crippen LogP contribution in [0, 0.1) is 5.92 Å². The van der Waals surface area contributed by atoms with Gasteiger partial charge in [0, 0.05) is 46.4 Å². The van der Waals surface area contributed by atoms with Crippen molar-refractivity contribution in [3.63, 3.8) is 0 Å². The van der Waals surface area contributed by atoms with Crippen molar-refractivity contribution < 1.29 is 9.47 Å². The van der Waals surface area contributed by atoms with Gasteiger partial charge in [-0.05, 0) is 25.7 Å². The van der Waals surface area contributed by atoms with Gasteiger partial charge in [0.05, 0.1) is 18.8 Å². The summed E-state index contributed by atoms with van der Waals surface area (Å²) in [6.45, 7) is 12.0. The number of ether oxygens (including phenoxy) is 2. The van der Waals surface area contributed by atoms with Gasteiger partial charge in [-0.15, -0.1) is 0 Å². The Balaban J connectivity index is 1.64. The Kier molecular flexibility index (Phi) is 6.92. The number of hydrogen-bond donors (Lipinski definition) is 2. The highest BCUT2D eigenvalue weighted by atomic mass is 16.5. The molecule has 0 aromatic rings. The highest BCUT2D eigenvalue weighted by molar-refractivity contribution is 5.79. The Bertz CT molecular complexity index is 350. The summed E-state index contributed by atoms with van der Waals surface area (Å²) in [7, 11) is 1.82. The van der Waals surface area contributed by atoms with E-state index in [9.17, 15) is 0 Å². The number of morpholine rings is 1. The average Bonchev–Trinajstić information content (AvgIpc) is 2.95. The van der Waals surface area contributed by atoms with E-state index >= 15 is 0 Å². The zero-order valence-electron chi connectivity index (χ0n) is 14.4. The largest absolute Gasteiger partial charge is 0.379 e. The van der Waals surface area contributed by atoms with Crippen molar-refractivity contribution in [2.75, 3.05) is 59.6 Å². The van der Waals surface area contributed by atoms with Crippen molar-refractivity contribution in [3.05, 3.63) is 0 Å². The Morgan fingerprint density at radius 2 is 2.05 bits per heavy atom. The zero-order valence-corrected chi connectivity index (χ0v) is 14.4. The van der Waals surface area contributed by atoms with E-state index in [4.69, 9.17) is 9.47 Å². The third kappa shape index (κ3) is 5.74. The average molecular weight is 312 g/mol. The quantitative estimate of drug-likeness (QED) is 0.558. The third-order valence-electron chi connectivity index (χ3n) is 4.45. The summed E-state index contributed by atoms with van der Waals surface area (Å²) in [6, 6.07) is 0. The Morgan fingerprint density at radius 3 is 2.68 bits per heavy atom. The van der Waals surface area contributed by atoms with E-state index in [0.29, 0.717) is 5.92 Å². The highest BCUT2D eigenvalue weighted by Crippen LogP contribution is 2.23. The predicted molar refractivity (Wildman–Crippen MR) is 89.4 cm³/mol. The molecule has 6 nitrogen and oxygen atoms in total. The van der Waals surface area contributed by atoms with Crippen LogP contribution in [0.5, 0.6) is 0 Å². The maximum atomic E-state index is 5.80. The summed E-state index contributed by atoms with van der Waals surface area (Å²) in [6.07, 6.45) is 2.27. The second-order valence-electron chi connectivity index (χ2n) is 6.73. The van der Waals surface area contributed by atoms with Crippen molar-refractivity contribution in [3.8, 4) is 0 Å². The van der Waals surface area contributed by atoms with E-state index in [-0.39, 0.29) is 5.60 Å². The lowest BCUT2D eigenvalue weighted by Gasteiger charge is -2.29. The van der Waals surface area contributed by atoms with Crippen LogP contribution in [-0.2, 0) is 9.47 Å². The van der Waals surface area contributed by atoms with E-state index in [1.807, 2.05) is 7.05 Å². The molecule has 2 atom stereocenters. The molecule has 128 valence electrons. The monoisotopic (exact) mass is 312 g/mol. The van der Waals surface area contributed by atoms with Crippen molar-refractivity contribution in [1.29, 1.82) is 0 Å². The molecule has 2 aliphatic rings. The summed E-state index contributed by atoms with van der Waals surface area (Å²) < 4.78 is 11.2. The van der Waals surface area contributed by atoms with Crippen LogP contribution in [0.25, 0.3) is 0 Å². The predicted octanol–water partition coefficient (Wildman–Crippen LogP) is 0.689. The molecule has 0 aromatic carbocycles. The molecule has 2 N–H and O–H groups in total. The second kappa shape index (κ2) is 8.70. The van der Waals surface area contributed by atoms with Crippen LogP contribution < -0.4 is 10.6 Å². The van der Waals surface area contributed by atoms with Crippen molar-refractivity contribution in [2.45, 2.75) is 32.3 Å². The van der Waals surface area contributed by atoms with E-state index < -0.39 is 0 Å². The number of nitrogens with one attached hydrogen (secondary N) is 2. The van der Waals surface area contributed by atoms with Gasteiger partial charge in [-0.3, -0.25) is 9.89 Å². The normalized spacial score (nSPS) is 28.6. The summed E-state index contributed by atoms with van der Waals surface area (Å²) in [5.74, 6) is 1.44. The Hall–Kier alpha value is -0.850. The molecule has 0 saturated carbocycles. The molecule has 0 aromatic heterocycles. The first-order valence-electron chi connectivity index (χ1n) is 8.50. The fourth-order valence-corrected chi connectivity index (χ4v) is 3.03. The van der Waals surface area contributed by atoms with E-state index in [1.165, 1.54) is 0 Å². The van der Waals surface area contributed by atoms with Crippen molar-refractivity contribution >= 4 is 5.96 Å². The fourth-order valence-electron chi connectivity index (χ4n) is 3.03. The minimum Gasteiger partial charge on any atom is -0.379 e. The van der Waals surface area contributed by atoms with Crippen LogP contribution in [0.1, 0.15) is 26.7 Å². The van der Waals surface area contributed by atoms with E-state index in [0.717, 1.165) is 71.3 Å². The molecule has 2 unspecified atom stereocenters. The van der Waals surface area contributed by atoms with Gasteiger partial charge in [0.1, 0.15) is 0 Å².